The van der Waals surface area contributed by atoms with Crippen molar-refractivity contribution < 1.29 is 9.53 Å². The second-order valence-electron chi connectivity index (χ2n) is 4.91. The molecule has 0 heterocycles. The van der Waals surface area contributed by atoms with E-state index in [0.717, 1.165) is 12.1 Å². The van der Waals surface area contributed by atoms with Crippen LogP contribution in [0.3, 0.4) is 0 Å². The molecule has 0 aromatic carbocycles. The Morgan fingerprint density at radius 3 is 2.41 bits per heavy atom. The first-order chi connectivity index (χ1) is 7.80. The first-order valence-corrected chi connectivity index (χ1v) is 5.73. The van der Waals surface area contributed by atoms with Crippen molar-refractivity contribution in [3.05, 3.63) is 37.1 Å². The molecule has 0 aromatic rings. The molecule has 1 N–H and O–H groups in total. The average Bonchev–Trinajstić information content (AvgIpc) is 2.14. The van der Waals surface area contributed by atoms with Crippen molar-refractivity contribution in [1.29, 1.82) is 0 Å². The van der Waals surface area contributed by atoms with Crippen LogP contribution in [0.2, 0.25) is 0 Å². The fraction of sp³-hybridized carbons (Fsp3) is 0.500. The lowest BCUT2D eigenvalue weighted by molar-refractivity contribution is 0.0540. The molecular weight excluding hydrogens is 214 g/mol. The van der Waals surface area contributed by atoms with Crippen LogP contribution in [0.25, 0.3) is 0 Å². The lowest BCUT2D eigenvalue weighted by Crippen LogP contribution is -2.33. The minimum atomic E-state index is -0.495. The third-order valence-corrected chi connectivity index (χ3v) is 1.99. The Morgan fingerprint density at radius 1 is 1.41 bits per heavy atom. The minimum Gasteiger partial charge on any atom is -0.444 e. The van der Waals surface area contributed by atoms with Gasteiger partial charge in [-0.2, -0.15) is 0 Å². The number of carbonyl (C=O) groups is 1. The molecule has 0 saturated carbocycles. The van der Waals surface area contributed by atoms with Gasteiger partial charge in [0.1, 0.15) is 5.60 Å². The van der Waals surface area contributed by atoms with Crippen LogP contribution in [-0.4, -0.2) is 11.7 Å². The monoisotopic (exact) mass is 237 g/mol. The Balaban J connectivity index is 4.56. The molecule has 3 heteroatoms. The molecule has 0 spiro atoms. The molecule has 0 unspecified atom stereocenters. The average molecular weight is 237 g/mol. The fourth-order valence-corrected chi connectivity index (χ4v) is 1.25. The molecule has 1 atom stereocenters. The summed E-state index contributed by atoms with van der Waals surface area (Å²) in [5, 5.41) is 2.74. The van der Waals surface area contributed by atoms with E-state index in [1.54, 1.807) is 12.2 Å². The molecule has 1 amide bonds. The minimum absolute atomic E-state index is 0.179. The summed E-state index contributed by atoms with van der Waals surface area (Å²) in [6.07, 6.45) is 5.58. The van der Waals surface area contributed by atoms with Gasteiger partial charge in [-0.3, -0.25) is 5.32 Å². The molecule has 0 bridgehead atoms. The zero-order valence-corrected chi connectivity index (χ0v) is 11.2. The summed E-state index contributed by atoms with van der Waals surface area (Å²) in [5.74, 6) is 0.179. The summed E-state index contributed by atoms with van der Waals surface area (Å²) in [6, 6.07) is 0. The predicted molar refractivity (Wildman–Crippen MR) is 71.6 cm³/mol. The van der Waals surface area contributed by atoms with Gasteiger partial charge in [-0.15, -0.1) is 6.58 Å². The van der Waals surface area contributed by atoms with Crippen LogP contribution in [0.1, 0.15) is 34.1 Å². The summed E-state index contributed by atoms with van der Waals surface area (Å²) in [5.41, 5.74) is 0.291. The van der Waals surface area contributed by atoms with Crippen LogP contribution < -0.4 is 5.32 Å². The highest BCUT2D eigenvalue weighted by atomic mass is 16.6. The second-order valence-corrected chi connectivity index (χ2v) is 4.91. The number of amides is 1. The topological polar surface area (TPSA) is 38.3 Å². The number of rotatable bonds is 5. The highest BCUT2D eigenvalue weighted by molar-refractivity contribution is 5.70. The van der Waals surface area contributed by atoms with Crippen LogP contribution in [0.4, 0.5) is 4.79 Å². The second kappa shape index (κ2) is 6.94. The van der Waals surface area contributed by atoms with Crippen molar-refractivity contribution >= 4 is 6.09 Å². The first kappa shape index (κ1) is 15.5. The quantitative estimate of drug-likeness (QED) is 0.583. The lowest BCUT2D eigenvalue weighted by atomic mass is 10.0. The van der Waals surface area contributed by atoms with Crippen molar-refractivity contribution in [1.82, 2.24) is 5.32 Å². The number of allylic oxidation sites excluding steroid dienone is 4. The smallest absolute Gasteiger partial charge is 0.411 e. The van der Waals surface area contributed by atoms with Crippen molar-refractivity contribution in [2.45, 2.75) is 39.7 Å². The van der Waals surface area contributed by atoms with E-state index in [1.807, 2.05) is 33.8 Å². The van der Waals surface area contributed by atoms with Gasteiger partial charge in [-0.25, -0.2) is 4.79 Å². The maximum Gasteiger partial charge on any atom is 0.411 e. The molecule has 0 fully saturated rings. The van der Waals surface area contributed by atoms with Crippen LogP contribution in [-0.2, 0) is 4.74 Å². The third kappa shape index (κ3) is 7.39. The molecule has 3 nitrogen and oxygen atoms in total. The van der Waals surface area contributed by atoms with Gasteiger partial charge in [0.25, 0.3) is 0 Å². The van der Waals surface area contributed by atoms with E-state index in [-0.39, 0.29) is 5.92 Å². The zero-order valence-electron chi connectivity index (χ0n) is 11.2. The number of nitrogens with one attached hydrogen (secondary N) is 1. The lowest BCUT2D eigenvalue weighted by Gasteiger charge is -2.22. The van der Waals surface area contributed by atoms with Gasteiger partial charge < -0.3 is 4.74 Å². The van der Waals surface area contributed by atoms with E-state index in [9.17, 15) is 4.79 Å². The van der Waals surface area contributed by atoms with Crippen LogP contribution in [0, 0.1) is 5.92 Å². The van der Waals surface area contributed by atoms with Crippen molar-refractivity contribution in [2.24, 2.45) is 5.92 Å². The highest BCUT2D eigenvalue weighted by Crippen LogP contribution is 2.14. The predicted octanol–water partition coefficient (Wildman–Crippen LogP) is 3.79. The van der Waals surface area contributed by atoms with Gasteiger partial charge in [0.15, 0.2) is 0 Å². The van der Waals surface area contributed by atoms with E-state index in [0.29, 0.717) is 0 Å². The number of hydrogen-bond donors (Lipinski definition) is 1. The molecule has 96 valence electrons. The Morgan fingerprint density at radius 2 is 2.00 bits per heavy atom. The Hall–Kier alpha value is -1.51. The number of ether oxygens (including phenoxy) is 1. The van der Waals surface area contributed by atoms with Crippen LogP contribution in [0.15, 0.2) is 37.1 Å². The van der Waals surface area contributed by atoms with E-state index in [4.69, 9.17) is 4.74 Å². The molecule has 0 aliphatic heterocycles. The van der Waals surface area contributed by atoms with Crippen LogP contribution >= 0.6 is 0 Å². The number of carbonyl (C=O) groups excluding carboxylic acids is 1. The van der Waals surface area contributed by atoms with Gasteiger partial charge in [-0.05, 0) is 39.2 Å². The molecule has 0 radical (unpaired) electrons. The van der Waals surface area contributed by atoms with Gasteiger partial charge in [0, 0.05) is 5.70 Å². The first-order valence-electron chi connectivity index (χ1n) is 5.73. The summed E-state index contributed by atoms with van der Waals surface area (Å²) in [6.45, 7) is 14.8. The maximum absolute atomic E-state index is 11.6. The Bertz CT molecular complexity index is 311. The van der Waals surface area contributed by atoms with E-state index < -0.39 is 11.7 Å². The number of alkyl carbamates (subject to hydrolysis) is 1. The Labute approximate surface area is 104 Å². The van der Waals surface area contributed by atoms with E-state index in [2.05, 4.69) is 18.5 Å². The third-order valence-electron chi connectivity index (χ3n) is 1.99. The van der Waals surface area contributed by atoms with Crippen molar-refractivity contribution in [2.75, 3.05) is 0 Å². The van der Waals surface area contributed by atoms with E-state index in [1.165, 1.54) is 0 Å². The standard InChI is InChI=1S/C14H23NO2/c1-7-9-11(3)12(10-8-2)15-13(16)17-14(4,5)6/h7-8,10-11H,1-2,9H2,3-6H3,(H,15,16)/b12-10-/t11-/m1/s1. The summed E-state index contributed by atoms with van der Waals surface area (Å²) in [7, 11) is 0. The maximum atomic E-state index is 11.6. The van der Waals surface area contributed by atoms with Crippen molar-refractivity contribution in [3.63, 3.8) is 0 Å². The normalized spacial score (nSPS) is 13.8. The van der Waals surface area contributed by atoms with Crippen molar-refractivity contribution in [3.8, 4) is 0 Å². The Kier molecular flexibility index (Phi) is 6.33. The molecule has 0 aromatic heterocycles. The molecule has 0 rings (SSSR count). The zero-order chi connectivity index (χ0) is 13.5. The highest BCUT2D eigenvalue weighted by Gasteiger charge is 2.18. The SMILES string of the molecule is C=C/C=C(\NC(=O)OC(C)(C)C)[C@H](C)CC=C. The van der Waals surface area contributed by atoms with Gasteiger partial charge in [0.05, 0.1) is 0 Å². The molecule has 0 aliphatic carbocycles. The molecule has 0 saturated heterocycles. The summed E-state index contributed by atoms with van der Waals surface area (Å²) in [4.78, 5) is 11.6. The van der Waals surface area contributed by atoms with Gasteiger partial charge in [-0.1, -0.05) is 25.7 Å². The number of hydrogen-bond acceptors (Lipinski definition) is 2. The molecule has 17 heavy (non-hydrogen) atoms. The fourth-order valence-electron chi connectivity index (χ4n) is 1.25. The van der Waals surface area contributed by atoms with Crippen LogP contribution in [0.5, 0.6) is 0 Å². The molecule has 0 aliphatic rings. The van der Waals surface area contributed by atoms with Gasteiger partial charge >= 0.3 is 6.09 Å². The summed E-state index contributed by atoms with van der Waals surface area (Å²) < 4.78 is 5.19. The largest absolute Gasteiger partial charge is 0.444 e. The summed E-state index contributed by atoms with van der Waals surface area (Å²) >= 11 is 0. The molecular formula is C14H23NO2. The van der Waals surface area contributed by atoms with E-state index >= 15 is 0 Å². The van der Waals surface area contributed by atoms with Gasteiger partial charge in [0.2, 0.25) is 0 Å².